The van der Waals surface area contributed by atoms with E-state index in [4.69, 9.17) is 9.47 Å². The van der Waals surface area contributed by atoms with Gasteiger partial charge in [0.05, 0.1) is 14.2 Å². The van der Waals surface area contributed by atoms with Crippen LogP contribution in [0.5, 0.6) is 11.5 Å². The lowest BCUT2D eigenvalue weighted by atomic mass is 10.1. The molecular weight excluding hydrogens is 388 g/mol. The van der Waals surface area contributed by atoms with Crippen molar-refractivity contribution in [3.63, 3.8) is 0 Å². The SMILES string of the molecule is CCCCCCCc1nnc(NC(=O)/C(C#N)=C\c2ccc(OC)c(OC)c2)s1. The van der Waals surface area contributed by atoms with Gasteiger partial charge in [0.1, 0.15) is 16.6 Å². The van der Waals surface area contributed by atoms with Crippen molar-refractivity contribution in [2.24, 2.45) is 0 Å². The Labute approximate surface area is 175 Å². The van der Waals surface area contributed by atoms with E-state index in [9.17, 15) is 10.1 Å². The first kappa shape index (κ1) is 22.4. The van der Waals surface area contributed by atoms with Crippen LogP contribution in [0.2, 0.25) is 0 Å². The molecule has 8 heteroatoms. The maximum atomic E-state index is 12.4. The number of aromatic nitrogens is 2. The Balaban J connectivity index is 2.00. The first-order valence-electron chi connectivity index (χ1n) is 9.58. The summed E-state index contributed by atoms with van der Waals surface area (Å²) < 4.78 is 10.4. The van der Waals surface area contributed by atoms with Crippen LogP contribution in [0.4, 0.5) is 5.13 Å². The highest BCUT2D eigenvalue weighted by Gasteiger charge is 2.13. The number of carbonyl (C=O) groups is 1. The number of hydrogen-bond donors (Lipinski definition) is 1. The molecule has 2 aromatic rings. The Morgan fingerprint density at radius 3 is 2.62 bits per heavy atom. The largest absolute Gasteiger partial charge is 0.493 e. The molecule has 29 heavy (non-hydrogen) atoms. The maximum absolute atomic E-state index is 12.4. The van der Waals surface area contributed by atoms with E-state index in [1.165, 1.54) is 50.2 Å². The third-order valence-electron chi connectivity index (χ3n) is 4.27. The van der Waals surface area contributed by atoms with Gasteiger partial charge in [-0.3, -0.25) is 10.1 Å². The highest BCUT2D eigenvalue weighted by Crippen LogP contribution is 2.28. The van der Waals surface area contributed by atoms with Crippen molar-refractivity contribution in [3.05, 3.63) is 34.3 Å². The molecule has 0 saturated carbocycles. The predicted octanol–water partition coefficient (Wildman–Crippen LogP) is 4.61. The van der Waals surface area contributed by atoms with Gasteiger partial charge in [0.2, 0.25) is 5.13 Å². The summed E-state index contributed by atoms with van der Waals surface area (Å²) in [4.78, 5) is 12.4. The molecule has 1 aromatic heterocycles. The van der Waals surface area contributed by atoms with Gasteiger partial charge in [-0.15, -0.1) is 10.2 Å². The molecule has 1 amide bonds. The Bertz CT molecular complexity index is 886. The Morgan fingerprint density at radius 2 is 1.93 bits per heavy atom. The number of nitrogens with zero attached hydrogens (tertiary/aromatic N) is 3. The maximum Gasteiger partial charge on any atom is 0.268 e. The van der Waals surface area contributed by atoms with E-state index < -0.39 is 5.91 Å². The number of nitriles is 1. The number of aryl methyl sites for hydroxylation is 1. The second-order valence-electron chi connectivity index (χ2n) is 6.40. The molecule has 0 radical (unpaired) electrons. The lowest BCUT2D eigenvalue weighted by Crippen LogP contribution is -2.13. The molecule has 0 atom stereocenters. The van der Waals surface area contributed by atoms with Crippen LogP contribution in [0.1, 0.15) is 49.6 Å². The highest BCUT2D eigenvalue weighted by atomic mass is 32.1. The minimum absolute atomic E-state index is 0.0338. The number of ether oxygens (including phenoxy) is 2. The summed E-state index contributed by atoms with van der Waals surface area (Å²) in [7, 11) is 3.07. The van der Waals surface area contributed by atoms with Gasteiger partial charge in [-0.05, 0) is 30.2 Å². The number of benzene rings is 1. The molecule has 2 rings (SSSR count). The zero-order valence-electron chi connectivity index (χ0n) is 17.0. The fourth-order valence-corrected chi connectivity index (χ4v) is 3.48. The molecule has 0 aliphatic heterocycles. The number of hydrogen-bond acceptors (Lipinski definition) is 7. The van der Waals surface area contributed by atoms with E-state index in [-0.39, 0.29) is 5.57 Å². The summed E-state index contributed by atoms with van der Waals surface area (Å²) in [6, 6.07) is 7.09. The molecule has 0 aliphatic carbocycles. The molecule has 0 fully saturated rings. The summed E-state index contributed by atoms with van der Waals surface area (Å²) in [6.45, 7) is 2.19. The summed E-state index contributed by atoms with van der Waals surface area (Å²) in [5.41, 5.74) is 0.618. The number of carbonyl (C=O) groups excluding carboxylic acids is 1. The first-order chi connectivity index (χ1) is 14.1. The van der Waals surface area contributed by atoms with Crippen molar-refractivity contribution < 1.29 is 14.3 Å². The average molecular weight is 415 g/mol. The van der Waals surface area contributed by atoms with Crippen LogP contribution in [-0.4, -0.2) is 30.3 Å². The van der Waals surface area contributed by atoms with Gasteiger partial charge in [-0.1, -0.05) is 50.0 Å². The van der Waals surface area contributed by atoms with E-state index in [1.54, 1.807) is 25.3 Å². The van der Waals surface area contributed by atoms with Crippen LogP contribution < -0.4 is 14.8 Å². The minimum atomic E-state index is -0.520. The van der Waals surface area contributed by atoms with Crippen LogP contribution in [0.25, 0.3) is 6.08 Å². The van der Waals surface area contributed by atoms with Crippen molar-refractivity contribution in [1.29, 1.82) is 5.26 Å². The number of amides is 1. The van der Waals surface area contributed by atoms with Crippen LogP contribution in [0, 0.1) is 11.3 Å². The quantitative estimate of drug-likeness (QED) is 0.327. The van der Waals surface area contributed by atoms with Crippen molar-refractivity contribution in [2.75, 3.05) is 19.5 Å². The molecule has 0 aliphatic rings. The van der Waals surface area contributed by atoms with E-state index >= 15 is 0 Å². The van der Waals surface area contributed by atoms with Gasteiger partial charge in [0.25, 0.3) is 5.91 Å². The number of methoxy groups -OCH3 is 2. The van der Waals surface area contributed by atoms with Crippen LogP contribution >= 0.6 is 11.3 Å². The molecule has 154 valence electrons. The van der Waals surface area contributed by atoms with Crippen LogP contribution in [-0.2, 0) is 11.2 Å². The fraction of sp³-hybridized carbons (Fsp3) is 0.429. The van der Waals surface area contributed by atoms with E-state index in [0.29, 0.717) is 22.2 Å². The summed E-state index contributed by atoms with van der Waals surface area (Å²) in [6.07, 6.45) is 8.27. The molecule has 7 nitrogen and oxygen atoms in total. The fourth-order valence-electron chi connectivity index (χ4n) is 2.71. The van der Waals surface area contributed by atoms with Crippen molar-refractivity contribution in [1.82, 2.24) is 10.2 Å². The molecule has 0 spiro atoms. The normalized spacial score (nSPS) is 11.0. The van der Waals surface area contributed by atoms with Crippen LogP contribution in [0.3, 0.4) is 0 Å². The van der Waals surface area contributed by atoms with Crippen LogP contribution in [0.15, 0.2) is 23.8 Å². The van der Waals surface area contributed by atoms with Gasteiger partial charge >= 0.3 is 0 Å². The summed E-state index contributed by atoms with van der Waals surface area (Å²) in [5.74, 6) is 0.572. The third-order valence-corrected chi connectivity index (χ3v) is 5.16. The zero-order chi connectivity index (χ0) is 21.1. The zero-order valence-corrected chi connectivity index (χ0v) is 17.8. The Hall–Kier alpha value is -2.92. The first-order valence-corrected chi connectivity index (χ1v) is 10.4. The number of anilines is 1. The monoisotopic (exact) mass is 414 g/mol. The van der Waals surface area contributed by atoms with E-state index in [1.807, 2.05) is 6.07 Å². The molecule has 1 N–H and O–H groups in total. The predicted molar refractivity (Wildman–Crippen MR) is 114 cm³/mol. The average Bonchev–Trinajstić information content (AvgIpc) is 3.18. The van der Waals surface area contributed by atoms with Gasteiger partial charge in [0, 0.05) is 6.42 Å². The molecular formula is C21H26N4O3S. The summed E-state index contributed by atoms with van der Waals surface area (Å²) >= 11 is 1.34. The number of nitrogens with one attached hydrogen (secondary N) is 1. The molecule has 1 heterocycles. The van der Waals surface area contributed by atoms with Crippen molar-refractivity contribution in [3.8, 4) is 17.6 Å². The highest BCUT2D eigenvalue weighted by molar-refractivity contribution is 7.15. The van der Waals surface area contributed by atoms with Gasteiger partial charge in [-0.2, -0.15) is 5.26 Å². The second kappa shape index (κ2) is 11.8. The van der Waals surface area contributed by atoms with Gasteiger partial charge < -0.3 is 9.47 Å². The molecule has 0 bridgehead atoms. The molecule has 0 unspecified atom stereocenters. The number of unbranched alkanes of at least 4 members (excludes halogenated alkanes) is 4. The smallest absolute Gasteiger partial charge is 0.268 e. The topological polar surface area (TPSA) is 97.1 Å². The van der Waals surface area contributed by atoms with Gasteiger partial charge in [0.15, 0.2) is 11.5 Å². The lowest BCUT2D eigenvalue weighted by molar-refractivity contribution is -0.112. The Kier molecular flexibility index (Phi) is 9.12. The van der Waals surface area contributed by atoms with Gasteiger partial charge in [-0.25, -0.2) is 0 Å². The summed E-state index contributed by atoms with van der Waals surface area (Å²) in [5, 5.41) is 21.5. The lowest BCUT2D eigenvalue weighted by Gasteiger charge is -2.08. The Morgan fingerprint density at radius 1 is 1.17 bits per heavy atom. The standard InChI is InChI=1S/C21H26N4O3S/c1-4-5-6-7-8-9-19-24-25-21(29-19)23-20(26)16(14-22)12-15-10-11-17(27-2)18(13-15)28-3/h10-13H,4-9H2,1-3H3,(H,23,25,26)/b16-12-. The van der Waals surface area contributed by atoms with E-state index in [2.05, 4.69) is 22.4 Å². The molecule has 0 saturated heterocycles. The molecule has 1 aromatic carbocycles. The van der Waals surface area contributed by atoms with Crippen molar-refractivity contribution in [2.45, 2.75) is 45.4 Å². The number of rotatable bonds is 11. The van der Waals surface area contributed by atoms with Crippen molar-refractivity contribution >= 4 is 28.5 Å². The third kappa shape index (κ3) is 6.88. The minimum Gasteiger partial charge on any atom is -0.493 e. The van der Waals surface area contributed by atoms with E-state index in [0.717, 1.165) is 17.8 Å². The second-order valence-corrected chi connectivity index (χ2v) is 7.47.